The first-order valence-electron chi connectivity index (χ1n) is 42.8. The third-order valence-corrected chi connectivity index (χ3v) is 24.7. The van der Waals surface area contributed by atoms with Crippen LogP contribution in [0.5, 0.6) is 63.2 Å². The van der Waals surface area contributed by atoms with Gasteiger partial charge in [0, 0.05) is 89.8 Å². The van der Waals surface area contributed by atoms with Gasteiger partial charge < -0.3 is 80.8 Å². The Morgan fingerprint density at radius 2 is 0.672 bits per heavy atom. The summed E-state index contributed by atoms with van der Waals surface area (Å²) in [5, 5.41) is 58.7. The fraction of sp³-hybridized carbons (Fsp3) is 0.324. The average molecular weight is 2360 g/mol. The molecule has 11 aromatic rings. The summed E-state index contributed by atoms with van der Waals surface area (Å²) >= 11 is 39.5. The first-order valence-corrected chi connectivity index (χ1v) is 53.7. The molecule has 0 bridgehead atoms. The molecule has 4 aliphatic carbocycles. The van der Waals surface area contributed by atoms with Gasteiger partial charge in [-0.3, -0.25) is 4.79 Å². The number of carbonyl (C=O) groups is 1. The van der Waals surface area contributed by atoms with Crippen LogP contribution in [0.2, 0.25) is 25.1 Å². The molecule has 1 aliphatic heterocycles. The van der Waals surface area contributed by atoms with E-state index in [4.69, 9.17) is 108 Å². The van der Waals surface area contributed by atoms with Crippen molar-refractivity contribution in [3.05, 3.63) is 329 Å². The van der Waals surface area contributed by atoms with Crippen LogP contribution in [-0.2, 0) is 52.5 Å². The number of halogens is 13. The number of ether oxygens (including phenoxy) is 7. The zero-order valence-corrected chi connectivity index (χ0v) is 93.9. The number of methoxy groups -OCH3 is 5. The van der Waals surface area contributed by atoms with E-state index in [1.165, 1.54) is 58.2 Å². The molecule has 35 heteroatoms. The molecule has 736 valence electrons. The van der Waals surface area contributed by atoms with E-state index in [9.17, 15) is 35.4 Å². The fourth-order valence-electron chi connectivity index (χ4n) is 15.9. The second-order valence-corrected chi connectivity index (χ2v) is 47.6. The molecule has 5 aliphatic rings. The number of benzene rings is 11. The summed E-state index contributed by atoms with van der Waals surface area (Å²) in [6, 6.07) is 77.6. The molecular formula is C102H112BBr4Cl9MgO18S2. The van der Waals surface area contributed by atoms with Crippen molar-refractivity contribution >= 4 is 202 Å². The maximum Gasteiger partial charge on any atom is 2.00 e. The summed E-state index contributed by atoms with van der Waals surface area (Å²) in [4.78, 5) is 10.7. The summed E-state index contributed by atoms with van der Waals surface area (Å²) in [7, 11) is 18.0. The van der Waals surface area contributed by atoms with E-state index in [1.54, 1.807) is 108 Å². The number of aromatic hydroxyl groups is 6. The third-order valence-electron chi connectivity index (χ3n) is 23.3. The van der Waals surface area contributed by atoms with Gasteiger partial charge in [0.1, 0.15) is 51.7 Å². The van der Waals surface area contributed by atoms with Crippen LogP contribution >= 0.6 is 148 Å². The van der Waals surface area contributed by atoms with Gasteiger partial charge in [-0.05, 0) is 265 Å². The van der Waals surface area contributed by atoms with E-state index in [1.807, 2.05) is 129 Å². The van der Waals surface area contributed by atoms with E-state index >= 15 is 0 Å². The number of hydrogen-bond acceptors (Lipinski definition) is 18. The van der Waals surface area contributed by atoms with Crippen LogP contribution < -0.4 is 40.7 Å². The van der Waals surface area contributed by atoms with Crippen LogP contribution in [0.3, 0.4) is 0 Å². The Hall–Kier alpha value is -6.35. The van der Waals surface area contributed by atoms with Crippen LogP contribution in [0, 0.1) is 29.7 Å². The molecule has 137 heavy (non-hydrogen) atoms. The zero-order chi connectivity index (χ0) is 100. The van der Waals surface area contributed by atoms with Crippen molar-refractivity contribution < 1.29 is 102 Å². The van der Waals surface area contributed by atoms with Crippen LogP contribution in [0.4, 0.5) is 0 Å². The number of phenolic OH excluding ortho intramolecular Hbond substituents is 6. The molecule has 5 fully saturated rings. The van der Waals surface area contributed by atoms with Crippen molar-refractivity contribution in [2.45, 2.75) is 134 Å². The maximum atomic E-state index is 10.7. The molecule has 6 N–H and O–H groups in total. The minimum Gasteiger partial charge on any atom is -1.00 e. The smallest absolute Gasteiger partial charge is 1.00 e. The number of hydrogen-bond donors (Lipinski definition) is 6. The minimum atomic E-state index is -3.72. The van der Waals surface area contributed by atoms with Crippen molar-refractivity contribution in [1.82, 2.24) is 0 Å². The predicted octanol–water partition coefficient (Wildman–Crippen LogP) is 26.3. The first kappa shape index (κ1) is 123. The Morgan fingerprint density at radius 1 is 0.423 bits per heavy atom. The Kier molecular flexibility index (Phi) is 53.5. The quantitative estimate of drug-likeness (QED) is 0.0136. The molecule has 1 heterocycles. The summed E-state index contributed by atoms with van der Waals surface area (Å²) in [5.74, 6) is 7.22. The van der Waals surface area contributed by atoms with Gasteiger partial charge in [-0.25, -0.2) is 0 Å². The summed E-state index contributed by atoms with van der Waals surface area (Å²) in [6.07, 6.45) is 12.7. The van der Waals surface area contributed by atoms with Crippen molar-refractivity contribution in [3.63, 3.8) is 0 Å². The Balaban J connectivity index is 0.000000326. The Bertz CT molecular complexity index is 5530. The third kappa shape index (κ3) is 38.7. The van der Waals surface area contributed by atoms with Gasteiger partial charge in [-0.1, -0.05) is 203 Å². The largest absolute Gasteiger partial charge is 2.00 e. The first-order chi connectivity index (χ1) is 63.9. The van der Waals surface area contributed by atoms with Crippen LogP contribution in [0.1, 0.15) is 168 Å². The summed E-state index contributed by atoms with van der Waals surface area (Å²) in [5.41, 5.74) is 12.7. The Labute approximate surface area is 901 Å². The van der Waals surface area contributed by atoms with E-state index in [-0.39, 0.29) is 104 Å². The van der Waals surface area contributed by atoms with E-state index in [0.717, 1.165) is 103 Å². The minimum absolute atomic E-state index is 0. The molecule has 11 aromatic carbocycles. The molecule has 4 saturated carbocycles. The molecule has 16 rings (SSSR count). The van der Waals surface area contributed by atoms with E-state index in [0.29, 0.717) is 63.3 Å². The number of esters is 1. The monoisotopic (exact) mass is 2350 g/mol. The van der Waals surface area contributed by atoms with Crippen molar-refractivity contribution in [3.8, 4) is 63.2 Å². The van der Waals surface area contributed by atoms with Crippen LogP contribution in [0.25, 0.3) is 5.57 Å². The molecule has 5 unspecified atom stereocenters. The maximum absolute atomic E-state index is 10.7. The van der Waals surface area contributed by atoms with Crippen molar-refractivity contribution in [2.75, 3.05) is 55.4 Å². The molecule has 0 radical (unpaired) electrons. The second-order valence-electron chi connectivity index (χ2n) is 31.8. The van der Waals surface area contributed by atoms with Gasteiger partial charge in [-0.2, -0.15) is 35.0 Å². The SMILES string of the molecule is BrB(Br)Br.C1CCOC1.CC1CC1(c1ccc(O)c(Cl)c1)c1cc(Cl)c(O)c(Cl)c1.CC1CC1(c1ccc(O)c(Cl)c1)c1ccc(O)c(Cl)c1.CC1CC1(c1ccc(O)cc1)c1ccc(O)cc1.CC=C(c1ccc(OC)cc1)c1ccc(OC)cc1.CCCCCC(=O)OCC.COc1cc[c-]cc1.COc1ccc(C2(c3ccc(OC)cc3)CC2C)cc1.O=S(=O)(Cl)Cl.O=S(=O)(Cl)Cl.[Br-].[Mg+2]. The van der Waals surface area contributed by atoms with Gasteiger partial charge in [0.2, 0.25) is 0 Å². The van der Waals surface area contributed by atoms with Crippen molar-refractivity contribution in [2.24, 2.45) is 23.7 Å². The molecule has 0 amide bonds. The molecule has 1 saturated heterocycles. The standard InChI is InChI=1S/C18H20O2.C17H18O2.C16H13Cl3O2.C16H14Cl2O2.C16H16O2.C8H16O2.C7H7O.C4H8O.BBr3.BrH.2Cl2O2S.Mg/c1-13-12-18(13,14-4-8-16(19-2)9-5-14)15-6-10-17(20-3)11-7-15;1-4-17(13-5-9-15(18-2)10-6-13)14-7-11-16(19-3)12-8-14;1-8-7-16(8,9-2-3-14(20)11(17)4-9)10-5-12(18)15(21)13(19)6-10;1-9-8-16(9,10-2-4-14(19)12(17)6-10)11-3-5-15(20)13(18)7-11;1-11-10-16(11,12-2-6-14(17)7-3-12)13-4-8-15(18)9-5-13;1-3-5-6-7-8(9)10-4-2;1-8-7-5-3-2-4-6-7;1-2-4-5-3-1;2-1(3)4;;2*1-5(2,3)4;/h4-11,13H,12H2,1-3H3;4-12H,1-3H3;2-6,8,20-21H,7H2,1H3;2-7,9,19-20H,8H2,1H3;2-9,11,17-18H,10H2,1H3;3-7H2,1-2H3;3-6H,1H3;1-4H2;;1H;;;/q;;;;;;-1;;;;;;+2/p-1. The summed E-state index contributed by atoms with van der Waals surface area (Å²) in [6.45, 7) is 17.3. The number of carbonyl (C=O) groups excluding carboxylic acids is 1. The van der Waals surface area contributed by atoms with Gasteiger partial charge in [0.15, 0.2) is 5.75 Å². The molecule has 0 spiro atoms. The van der Waals surface area contributed by atoms with Gasteiger partial charge >= 0.3 is 48.7 Å². The fourth-order valence-corrected chi connectivity index (χ4v) is 16.9. The molecular weight excluding hydrogens is 2250 g/mol. The normalized spacial score (nSPS) is 16.6. The van der Waals surface area contributed by atoms with E-state index in [2.05, 4.69) is 185 Å². The number of rotatable bonds is 20. The van der Waals surface area contributed by atoms with Crippen LogP contribution in [-0.4, -0.2) is 135 Å². The summed E-state index contributed by atoms with van der Waals surface area (Å²) < 4.78 is 72.4. The second kappa shape index (κ2) is 59.7. The van der Waals surface area contributed by atoms with Gasteiger partial charge in [0.25, 0.3) is 0 Å². The predicted molar refractivity (Wildman–Crippen MR) is 569 cm³/mol. The van der Waals surface area contributed by atoms with Crippen molar-refractivity contribution in [1.29, 1.82) is 0 Å². The number of allylic oxidation sites excluding steroid dienone is 1. The average Bonchev–Trinajstić information content (AvgIpc) is 1.58. The Morgan fingerprint density at radius 3 is 0.905 bits per heavy atom. The topological polar surface area (TPSA) is 271 Å². The van der Waals surface area contributed by atoms with Crippen LogP contribution in [0.15, 0.2) is 243 Å². The molecule has 0 aromatic heterocycles. The van der Waals surface area contributed by atoms with Gasteiger partial charge in [0.05, 0.1) is 67.3 Å². The number of phenols is 6. The van der Waals surface area contributed by atoms with Gasteiger partial charge in [-0.15, -0.1) is 59.4 Å². The zero-order valence-electron chi connectivity index (χ0n) is 77.7. The molecule has 18 nitrogen and oxygen atoms in total. The molecule has 5 atom stereocenters. The number of unbranched alkanes of at least 4 members (excludes halogenated alkanes) is 2. The van der Waals surface area contributed by atoms with E-state index < -0.39 is 16.5 Å².